The van der Waals surface area contributed by atoms with Crippen LogP contribution >= 0.6 is 0 Å². The second-order valence-corrected chi connectivity index (χ2v) is 2.51. The van der Waals surface area contributed by atoms with Gasteiger partial charge in [0.15, 0.2) is 0 Å². The summed E-state index contributed by atoms with van der Waals surface area (Å²) >= 11 is 0. The Balaban J connectivity index is 4.18. The highest BCUT2D eigenvalue weighted by Gasteiger charge is 1.83. The van der Waals surface area contributed by atoms with Gasteiger partial charge in [0.1, 0.15) is 0 Å². The predicted molar refractivity (Wildman–Crippen MR) is 52.0 cm³/mol. The first-order valence-electron chi connectivity index (χ1n) is 4.05. The Morgan fingerprint density at radius 1 is 1.36 bits per heavy atom. The van der Waals surface area contributed by atoms with E-state index in [1.165, 1.54) is 0 Å². The van der Waals surface area contributed by atoms with Gasteiger partial charge in [0.05, 0.1) is 0 Å². The molecule has 0 amide bonds. The second kappa shape index (κ2) is 5.90. The summed E-state index contributed by atoms with van der Waals surface area (Å²) in [6.45, 7) is 8.14. The Kier molecular flexibility index (Phi) is 5.44. The van der Waals surface area contributed by atoms with E-state index in [1.54, 1.807) is 0 Å². The van der Waals surface area contributed by atoms with Crippen molar-refractivity contribution in [2.75, 3.05) is 0 Å². The average Bonchev–Trinajstić information content (AvgIpc) is 1.87. The van der Waals surface area contributed by atoms with Gasteiger partial charge in [0.2, 0.25) is 0 Å². The number of allylic oxidation sites excluding steroid dienone is 4. The number of hydrogen-bond acceptors (Lipinski definition) is 1. The van der Waals surface area contributed by atoms with Gasteiger partial charge in [-0.2, -0.15) is 0 Å². The van der Waals surface area contributed by atoms with Crippen molar-refractivity contribution in [1.29, 1.82) is 0 Å². The van der Waals surface area contributed by atoms with E-state index in [0.29, 0.717) is 0 Å². The smallest absolute Gasteiger partial charge is 0.0372 e. The van der Waals surface area contributed by atoms with Gasteiger partial charge in [-0.25, -0.2) is 0 Å². The molecule has 0 aliphatic carbocycles. The van der Waals surface area contributed by atoms with Crippen LogP contribution in [0, 0.1) is 0 Å². The minimum atomic E-state index is 1.05. The zero-order valence-electron chi connectivity index (χ0n) is 7.89. The normalized spacial score (nSPS) is 14.5. The van der Waals surface area contributed by atoms with Crippen LogP contribution in [0.1, 0.15) is 34.1 Å². The largest absolute Gasteiger partial charge is 0.259 e. The lowest BCUT2D eigenvalue weighted by atomic mass is 10.3. The second-order valence-electron chi connectivity index (χ2n) is 2.51. The highest BCUT2D eigenvalue weighted by atomic mass is 14.7. The Hall–Kier alpha value is -0.850. The zero-order chi connectivity index (χ0) is 8.69. The molecule has 0 heterocycles. The summed E-state index contributed by atoms with van der Waals surface area (Å²) < 4.78 is 0. The summed E-state index contributed by atoms with van der Waals surface area (Å²) in [6, 6.07) is 0. The molecule has 0 aromatic rings. The van der Waals surface area contributed by atoms with E-state index in [1.807, 2.05) is 32.9 Å². The Morgan fingerprint density at radius 3 is 2.45 bits per heavy atom. The van der Waals surface area contributed by atoms with Crippen molar-refractivity contribution in [1.82, 2.24) is 0 Å². The third-order valence-corrected chi connectivity index (χ3v) is 1.26. The average molecular weight is 151 g/mol. The van der Waals surface area contributed by atoms with E-state index >= 15 is 0 Å². The van der Waals surface area contributed by atoms with Crippen LogP contribution in [-0.4, -0.2) is 5.71 Å². The summed E-state index contributed by atoms with van der Waals surface area (Å²) in [5.41, 5.74) is 2.16. The zero-order valence-corrected chi connectivity index (χ0v) is 7.89. The summed E-state index contributed by atoms with van der Waals surface area (Å²) in [5, 5.41) is 0. The number of hydrogen-bond donors (Lipinski definition) is 0. The molecule has 62 valence electrons. The third-order valence-electron chi connectivity index (χ3n) is 1.26. The van der Waals surface area contributed by atoms with Crippen LogP contribution in [0.3, 0.4) is 0 Å². The molecular formula is C10H17N. The molecule has 0 aliphatic heterocycles. The van der Waals surface area contributed by atoms with Crippen LogP contribution in [0.15, 0.2) is 28.9 Å². The molecule has 0 radical (unpaired) electrons. The third kappa shape index (κ3) is 5.59. The van der Waals surface area contributed by atoms with E-state index in [9.17, 15) is 0 Å². The van der Waals surface area contributed by atoms with Crippen molar-refractivity contribution in [3.63, 3.8) is 0 Å². The van der Waals surface area contributed by atoms with Crippen LogP contribution in [0.2, 0.25) is 0 Å². The van der Waals surface area contributed by atoms with Crippen LogP contribution in [-0.2, 0) is 0 Å². The van der Waals surface area contributed by atoms with Crippen LogP contribution in [0.5, 0.6) is 0 Å². The molecule has 0 unspecified atom stereocenters. The highest BCUT2D eigenvalue weighted by molar-refractivity contribution is 5.93. The molecule has 0 N–H and O–H groups in total. The Morgan fingerprint density at radius 2 is 2.00 bits per heavy atom. The summed E-state index contributed by atoms with van der Waals surface area (Å²) in [6.07, 6.45) is 7.18. The molecule has 0 aromatic carbocycles. The standard InChI is InChI=1S/C10H17N/c1-5-7-9(3)11-10(4)8-6-2/h5,7-8H,6H2,1-4H3/b7-5-,10-8+,11-9-. The number of aliphatic imine (C=N–C) groups is 1. The predicted octanol–water partition coefficient (Wildman–Crippen LogP) is 3.34. The molecule has 0 atom stereocenters. The molecule has 0 saturated carbocycles. The quantitative estimate of drug-likeness (QED) is 0.548. The Bertz CT molecular complexity index is 185. The van der Waals surface area contributed by atoms with E-state index in [0.717, 1.165) is 17.8 Å². The molecule has 11 heavy (non-hydrogen) atoms. The fourth-order valence-electron chi connectivity index (χ4n) is 0.898. The Labute approximate surface area is 69.5 Å². The molecule has 0 bridgehead atoms. The molecule has 0 aliphatic rings. The fraction of sp³-hybridized carbons (Fsp3) is 0.500. The maximum Gasteiger partial charge on any atom is 0.0372 e. The molecule has 0 aromatic heterocycles. The van der Waals surface area contributed by atoms with E-state index in [4.69, 9.17) is 0 Å². The first-order valence-corrected chi connectivity index (χ1v) is 4.05. The number of rotatable bonds is 3. The molecule has 0 saturated heterocycles. The lowest BCUT2D eigenvalue weighted by Gasteiger charge is -1.92. The van der Waals surface area contributed by atoms with Gasteiger partial charge in [-0.1, -0.05) is 19.1 Å². The maximum absolute atomic E-state index is 4.35. The minimum Gasteiger partial charge on any atom is -0.259 e. The van der Waals surface area contributed by atoms with E-state index in [-0.39, 0.29) is 0 Å². The van der Waals surface area contributed by atoms with Crippen LogP contribution < -0.4 is 0 Å². The fourth-order valence-corrected chi connectivity index (χ4v) is 0.898. The van der Waals surface area contributed by atoms with Gasteiger partial charge >= 0.3 is 0 Å². The van der Waals surface area contributed by atoms with E-state index in [2.05, 4.69) is 18.0 Å². The van der Waals surface area contributed by atoms with E-state index < -0.39 is 0 Å². The van der Waals surface area contributed by atoms with Crippen molar-refractivity contribution in [2.45, 2.75) is 34.1 Å². The maximum atomic E-state index is 4.35. The number of nitrogens with zero attached hydrogens (tertiary/aromatic N) is 1. The van der Waals surface area contributed by atoms with Crippen molar-refractivity contribution in [3.8, 4) is 0 Å². The van der Waals surface area contributed by atoms with Crippen LogP contribution in [0.25, 0.3) is 0 Å². The minimum absolute atomic E-state index is 1.05. The van der Waals surface area contributed by atoms with Gasteiger partial charge in [-0.15, -0.1) is 0 Å². The van der Waals surface area contributed by atoms with Crippen molar-refractivity contribution < 1.29 is 0 Å². The lowest BCUT2D eigenvalue weighted by Crippen LogP contribution is -1.83. The molecule has 0 fully saturated rings. The van der Waals surface area contributed by atoms with Crippen molar-refractivity contribution >= 4 is 5.71 Å². The van der Waals surface area contributed by atoms with Crippen molar-refractivity contribution in [2.24, 2.45) is 4.99 Å². The van der Waals surface area contributed by atoms with Gasteiger partial charge in [-0.3, -0.25) is 4.99 Å². The van der Waals surface area contributed by atoms with Crippen LogP contribution in [0.4, 0.5) is 0 Å². The lowest BCUT2D eigenvalue weighted by molar-refractivity contribution is 1.15. The SMILES string of the molecule is C\C=C/C(C)=N\C(C)=C\CC. The monoisotopic (exact) mass is 151 g/mol. The molecular weight excluding hydrogens is 134 g/mol. The summed E-state index contributed by atoms with van der Waals surface area (Å²) in [4.78, 5) is 4.35. The molecule has 0 spiro atoms. The first kappa shape index (κ1) is 10.2. The summed E-state index contributed by atoms with van der Waals surface area (Å²) in [5.74, 6) is 0. The van der Waals surface area contributed by atoms with Gasteiger partial charge in [-0.05, 0) is 33.3 Å². The van der Waals surface area contributed by atoms with Gasteiger partial charge < -0.3 is 0 Å². The molecule has 1 heteroatoms. The summed E-state index contributed by atoms with van der Waals surface area (Å²) in [7, 11) is 0. The van der Waals surface area contributed by atoms with Gasteiger partial charge in [0.25, 0.3) is 0 Å². The topological polar surface area (TPSA) is 12.4 Å². The highest BCUT2D eigenvalue weighted by Crippen LogP contribution is 1.97. The van der Waals surface area contributed by atoms with Gasteiger partial charge in [0, 0.05) is 11.4 Å². The molecule has 1 nitrogen and oxygen atoms in total. The molecule has 0 rings (SSSR count). The first-order chi connectivity index (χ1) is 5.20. The van der Waals surface area contributed by atoms with Crippen molar-refractivity contribution in [3.05, 3.63) is 23.9 Å².